The molecule has 0 aliphatic carbocycles. The van der Waals surface area contributed by atoms with Crippen LogP contribution in [0.2, 0.25) is 0 Å². The fraction of sp³-hybridized carbons (Fsp3) is 0.231. The maximum Gasteiger partial charge on any atom is 0.294 e. The van der Waals surface area contributed by atoms with Crippen LogP contribution in [0, 0.1) is 20.8 Å². The molecule has 0 atom stereocenters. The van der Waals surface area contributed by atoms with Crippen molar-refractivity contribution >= 4 is 43.4 Å². The van der Waals surface area contributed by atoms with Gasteiger partial charge in [-0.25, -0.2) is 0 Å². The molecule has 0 aliphatic heterocycles. The molecule has 3 rings (SSSR count). The molecule has 19 heavy (non-hydrogen) atoms. The van der Waals surface area contributed by atoms with Crippen LogP contribution in [-0.2, 0) is 0 Å². The molecule has 1 N–H and O–H groups in total. The molecule has 3 aromatic heterocycles. The van der Waals surface area contributed by atoms with Gasteiger partial charge in [-0.15, -0.1) is 11.3 Å². The highest BCUT2D eigenvalue weighted by molar-refractivity contribution is 9.11. The molecule has 0 aromatic carbocycles. The largest absolute Gasteiger partial charge is 0.350 e. The Bertz CT molecular complexity index is 765. The Balaban J connectivity index is 2.07. The normalized spacial score (nSPS) is 11.4. The molecule has 6 heteroatoms. The number of aromatic amines is 1. The van der Waals surface area contributed by atoms with Crippen molar-refractivity contribution < 1.29 is 4.79 Å². The number of thiophene rings is 1. The van der Waals surface area contributed by atoms with Crippen LogP contribution in [0.4, 0.5) is 0 Å². The highest BCUT2D eigenvalue weighted by Gasteiger charge is 2.18. The molecule has 0 amide bonds. The van der Waals surface area contributed by atoms with Crippen molar-refractivity contribution in [1.29, 1.82) is 0 Å². The second-order valence-electron chi connectivity index (χ2n) is 4.52. The number of aryl methyl sites for hydroxylation is 1. The first-order chi connectivity index (χ1) is 8.97. The predicted octanol–water partition coefficient (Wildman–Crippen LogP) is 3.80. The summed E-state index contributed by atoms with van der Waals surface area (Å²) < 4.78 is 3.58. The Kier molecular flexibility index (Phi) is 2.87. The Labute approximate surface area is 122 Å². The molecule has 0 aliphatic rings. The third-order valence-corrected chi connectivity index (χ3v) is 4.94. The van der Waals surface area contributed by atoms with E-state index in [-0.39, 0.29) is 5.91 Å². The van der Waals surface area contributed by atoms with Crippen LogP contribution in [0.3, 0.4) is 0 Å². The van der Waals surface area contributed by atoms with Crippen molar-refractivity contribution in [2.45, 2.75) is 20.8 Å². The minimum absolute atomic E-state index is 0.117. The fourth-order valence-corrected chi connectivity index (χ4v) is 3.57. The van der Waals surface area contributed by atoms with E-state index in [1.165, 1.54) is 4.68 Å². The van der Waals surface area contributed by atoms with Crippen LogP contribution in [0.15, 0.2) is 15.9 Å². The van der Waals surface area contributed by atoms with Gasteiger partial charge in [0.2, 0.25) is 0 Å². The first-order valence-corrected chi connectivity index (χ1v) is 7.44. The van der Waals surface area contributed by atoms with Crippen LogP contribution in [0.5, 0.6) is 0 Å². The summed E-state index contributed by atoms with van der Waals surface area (Å²) in [5.74, 6) is -0.117. The lowest BCUT2D eigenvalue weighted by atomic mass is 10.2. The minimum atomic E-state index is -0.117. The van der Waals surface area contributed by atoms with Gasteiger partial charge in [0.15, 0.2) is 0 Å². The van der Waals surface area contributed by atoms with Gasteiger partial charge in [-0.2, -0.15) is 9.78 Å². The summed E-state index contributed by atoms with van der Waals surface area (Å²) in [6, 6.07) is 3.85. The van der Waals surface area contributed by atoms with Gasteiger partial charge in [0.05, 0.1) is 19.7 Å². The van der Waals surface area contributed by atoms with Crippen LogP contribution in [0.1, 0.15) is 27.4 Å². The molecule has 0 bridgehead atoms. The lowest BCUT2D eigenvalue weighted by Gasteiger charge is -2.00. The average molecular weight is 338 g/mol. The van der Waals surface area contributed by atoms with Crippen molar-refractivity contribution in [3.8, 4) is 0 Å². The average Bonchev–Trinajstić information content (AvgIpc) is 2.96. The van der Waals surface area contributed by atoms with Crippen molar-refractivity contribution in [3.05, 3.63) is 38.6 Å². The van der Waals surface area contributed by atoms with E-state index in [1.54, 1.807) is 11.3 Å². The van der Waals surface area contributed by atoms with Gasteiger partial charge < -0.3 is 4.98 Å². The first-order valence-electron chi connectivity index (χ1n) is 5.83. The highest BCUT2D eigenvalue weighted by Crippen LogP contribution is 2.30. The van der Waals surface area contributed by atoms with Crippen LogP contribution in [-0.4, -0.2) is 20.7 Å². The third kappa shape index (κ3) is 1.95. The van der Waals surface area contributed by atoms with Crippen molar-refractivity contribution in [1.82, 2.24) is 14.8 Å². The molecule has 0 unspecified atom stereocenters. The number of H-pyrrole nitrogens is 1. The van der Waals surface area contributed by atoms with Crippen LogP contribution >= 0.6 is 27.3 Å². The summed E-state index contributed by atoms with van der Waals surface area (Å²) in [5.41, 5.74) is 4.38. The van der Waals surface area contributed by atoms with Gasteiger partial charge in [0.1, 0.15) is 5.69 Å². The molecule has 4 nitrogen and oxygen atoms in total. The number of nitrogens with zero attached hydrogens (tertiary/aromatic N) is 2. The number of carbonyl (C=O) groups is 1. The lowest BCUT2D eigenvalue weighted by molar-refractivity contribution is 0.0938. The summed E-state index contributed by atoms with van der Waals surface area (Å²) in [5, 5.41) is 4.30. The summed E-state index contributed by atoms with van der Waals surface area (Å²) in [6.45, 7) is 5.80. The van der Waals surface area contributed by atoms with Crippen LogP contribution < -0.4 is 0 Å². The van der Waals surface area contributed by atoms with Gasteiger partial charge in [-0.1, -0.05) is 0 Å². The van der Waals surface area contributed by atoms with Crippen molar-refractivity contribution in [2.75, 3.05) is 0 Å². The Morgan fingerprint density at radius 1 is 1.37 bits per heavy atom. The lowest BCUT2D eigenvalue weighted by Crippen LogP contribution is -2.15. The predicted molar refractivity (Wildman–Crippen MR) is 80.0 cm³/mol. The van der Waals surface area contributed by atoms with Crippen molar-refractivity contribution in [3.63, 3.8) is 0 Å². The van der Waals surface area contributed by atoms with E-state index in [9.17, 15) is 4.79 Å². The number of carbonyl (C=O) groups excluding carboxylic acids is 1. The smallest absolute Gasteiger partial charge is 0.294 e. The fourth-order valence-electron chi connectivity index (χ4n) is 2.04. The van der Waals surface area contributed by atoms with Crippen molar-refractivity contribution in [2.24, 2.45) is 0 Å². The second kappa shape index (κ2) is 4.31. The van der Waals surface area contributed by atoms with E-state index in [4.69, 9.17) is 0 Å². The first kappa shape index (κ1) is 12.6. The summed E-state index contributed by atoms with van der Waals surface area (Å²) in [4.78, 5) is 15.6. The SMILES string of the molecule is Cc1nn(C(=O)c2cc3sc(Br)cc3[nH]2)c(C)c1C. The molecule has 0 spiro atoms. The topological polar surface area (TPSA) is 50.7 Å². The molecule has 0 radical (unpaired) electrons. The molecule has 98 valence electrons. The number of halogens is 1. The van der Waals surface area contributed by atoms with E-state index in [2.05, 4.69) is 26.0 Å². The van der Waals surface area contributed by atoms with Gasteiger partial charge in [-0.3, -0.25) is 4.79 Å². The second-order valence-corrected chi connectivity index (χ2v) is 6.99. The van der Waals surface area contributed by atoms with E-state index < -0.39 is 0 Å². The summed E-state index contributed by atoms with van der Waals surface area (Å²) in [6.07, 6.45) is 0. The quantitative estimate of drug-likeness (QED) is 0.734. The molecular weight excluding hydrogens is 326 g/mol. The molecule has 0 fully saturated rings. The van der Waals surface area contributed by atoms with E-state index >= 15 is 0 Å². The van der Waals surface area contributed by atoms with Gasteiger partial charge in [0, 0.05) is 5.69 Å². The molecule has 3 heterocycles. The molecule has 3 aromatic rings. The monoisotopic (exact) mass is 337 g/mol. The highest BCUT2D eigenvalue weighted by atomic mass is 79.9. The van der Waals surface area contributed by atoms with E-state index in [1.807, 2.05) is 32.9 Å². The minimum Gasteiger partial charge on any atom is -0.350 e. The maximum atomic E-state index is 12.4. The van der Waals surface area contributed by atoms with E-state index in [0.717, 1.165) is 31.0 Å². The maximum absolute atomic E-state index is 12.4. The molecular formula is C13H12BrN3OS. The van der Waals surface area contributed by atoms with E-state index in [0.29, 0.717) is 5.69 Å². The number of aromatic nitrogens is 3. The van der Waals surface area contributed by atoms with Gasteiger partial charge in [0.25, 0.3) is 5.91 Å². The number of hydrogen-bond acceptors (Lipinski definition) is 3. The van der Waals surface area contributed by atoms with Crippen LogP contribution in [0.25, 0.3) is 10.2 Å². The Morgan fingerprint density at radius 3 is 2.68 bits per heavy atom. The molecule has 0 saturated carbocycles. The number of fused-ring (bicyclic) bond motifs is 1. The molecule has 0 saturated heterocycles. The zero-order valence-electron chi connectivity index (χ0n) is 10.7. The number of rotatable bonds is 1. The summed E-state index contributed by atoms with van der Waals surface area (Å²) >= 11 is 5.03. The number of nitrogens with one attached hydrogen (secondary N) is 1. The number of hydrogen-bond donors (Lipinski definition) is 1. The zero-order valence-corrected chi connectivity index (χ0v) is 13.1. The summed E-state index contributed by atoms with van der Waals surface area (Å²) in [7, 11) is 0. The Morgan fingerprint density at radius 2 is 2.11 bits per heavy atom. The standard InChI is InChI=1S/C13H12BrN3OS/c1-6-7(2)16-17(8(6)3)13(18)10-4-11-9(15-10)5-12(14)19-11/h4-5,15H,1-3H3. The third-order valence-electron chi connectivity index (χ3n) is 3.35. The zero-order chi connectivity index (χ0) is 13.7. The van der Waals surface area contributed by atoms with Gasteiger partial charge in [-0.05, 0) is 54.4 Å². The van der Waals surface area contributed by atoms with Gasteiger partial charge >= 0.3 is 0 Å². The Hall–Kier alpha value is -1.40.